The molecule has 0 spiro atoms. The van der Waals surface area contributed by atoms with Crippen molar-refractivity contribution in [3.63, 3.8) is 0 Å². The molecule has 3 heterocycles. The van der Waals surface area contributed by atoms with E-state index in [9.17, 15) is 0 Å². The molecule has 0 saturated carbocycles. The summed E-state index contributed by atoms with van der Waals surface area (Å²) in [5.41, 5.74) is 8.04. The molecule has 2 N–H and O–H groups in total. The van der Waals surface area contributed by atoms with Gasteiger partial charge in [-0.2, -0.15) is 4.37 Å². The lowest BCUT2D eigenvalue weighted by Crippen LogP contribution is -2.31. The van der Waals surface area contributed by atoms with E-state index in [1.54, 1.807) is 11.3 Å². The van der Waals surface area contributed by atoms with Gasteiger partial charge in [-0.25, -0.2) is 4.98 Å². The lowest BCUT2D eigenvalue weighted by atomic mass is 10.2. The van der Waals surface area contributed by atoms with Gasteiger partial charge in [0.1, 0.15) is 10.8 Å². The first-order valence-electron chi connectivity index (χ1n) is 6.65. The SMILES string of the molecule is Cc1nc(-c2c(N)nsc2N2CCC(N(C)C)C2)cs1. The number of anilines is 2. The van der Waals surface area contributed by atoms with Gasteiger partial charge in [0.05, 0.1) is 16.3 Å². The summed E-state index contributed by atoms with van der Waals surface area (Å²) in [5.74, 6) is 0.601. The van der Waals surface area contributed by atoms with Gasteiger partial charge in [-0.3, -0.25) is 0 Å². The molecule has 5 nitrogen and oxygen atoms in total. The van der Waals surface area contributed by atoms with E-state index in [-0.39, 0.29) is 0 Å². The summed E-state index contributed by atoms with van der Waals surface area (Å²) in [5, 5.41) is 4.29. The molecule has 108 valence electrons. The van der Waals surface area contributed by atoms with Crippen LogP contribution in [0.4, 0.5) is 10.8 Å². The molecular formula is C13H19N5S2. The molecule has 7 heteroatoms. The minimum atomic E-state index is 0.600. The van der Waals surface area contributed by atoms with Crippen molar-refractivity contribution in [3.05, 3.63) is 10.4 Å². The van der Waals surface area contributed by atoms with E-state index in [1.807, 2.05) is 6.92 Å². The summed E-state index contributed by atoms with van der Waals surface area (Å²) < 4.78 is 4.35. The predicted molar refractivity (Wildman–Crippen MR) is 86.7 cm³/mol. The Balaban J connectivity index is 1.92. The largest absolute Gasteiger partial charge is 0.382 e. The normalized spacial score (nSPS) is 19.2. The molecule has 1 atom stereocenters. The summed E-state index contributed by atoms with van der Waals surface area (Å²) >= 11 is 3.14. The van der Waals surface area contributed by atoms with Crippen LogP contribution >= 0.6 is 22.9 Å². The lowest BCUT2D eigenvalue weighted by Gasteiger charge is -2.21. The molecule has 0 radical (unpaired) electrons. The number of nitrogen functional groups attached to an aromatic ring is 1. The summed E-state index contributed by atoms with van der Waals surface area (Å²) in [6.45, 7) is 4.10. The first kappa shape index (κ1) is 13.8. The second kappa shape index (κ2) is 5.31. The van der Waals surface area contributed by atoms with Crippen LogP contribution in [0.5, 0.6) is 0 Å². The Hall–Kier alpha value is -1.18. The fourth-order valence-corrected chi connectivity index (χ4v) is 4.04. The number of nitrogens with zero attached hydrogens (tertiary/aromatic N) is 4. The van der Waals surface area contributed by atoms with Crippen LogP contribution in [0.1, 0.15) is 11.4 Å². The van der Waals surface area contributed by atoms with Crippen molar-refractivity contribution in [1.82, 2.24) is 14.3 Å². The standard InChI is InChI=1S/C13H19N5S2/c1-8-15-10(7-19-8)11-12(14)16-20-13(11)18-5-4-9(6-18)17(2)3/h7,9H,4-6H2,1-3H3,(H2,14,16). The number of nitrogens with two attached hydrogens (primary N) is 1. The minimum Gasteiger partial charge on any atom is -0.382 e. The molecule has 1 aliphatic heterocycles. The van der Waals surface area contributed by atoms with E-state index >= 15 is 0 Å². The Morgan fingerprint density at radius 1 is 1.45 bits per heavy atom. The zero-order chi connectivity index (χ0) is 14.3. The molecule has 3 rings (SSSR count). The van der Waals surface area contributed by atoms with Crippen molar-refractivity contribution >= 4 is 33.7 Å². The van der Waals surface area contributed by atoms with Gasteiger partial charge in [-0.05, 0) is 39.0 Å². The zero-order valence-corrected chi connectivity index (χ0v) is 13.6. The number of hydrogen-bond donors (Lipinski definition) is 1. The summed E-state index contributed by atoms with van der Waals surface area (Å²) in [7, 11) is 4.28. The first-order valence-corrected chi connectivity index (χ1v) is 8.30. The number of aryl methyl sites for hydroxylation is 1. The van der Waals surface area contributed by atoms with Crippen LogP contribution in [0.15, 0.2) is 5.38 Å². The molecule has 2 aromatic rings. The van der Waals surface area contributed by atoms with Crippen molar-refractivity contribution in [2.24, 2.45) is 0 Å². The van der Waals surface area contributed by atoms with E-state index in [0.29, 0.717) is 11.9 Å². The molecular weight excluding hydrogens is 290 g/mol. The van der Waals surface area contributed by atoms with Crippen molar-refractivity contribution in [2.45, 2.75) is 19.4 Å². The topological polar surface area (TPSA) is 58.3 Å². The Morgan fingerprint density at radius 2 is 2.25 bits per heavy atom. The number of thiazole rings is 1. The Kier molecular flexibility index (Phi) is 3.66. The smallest absolute Gasteiger partial charge is 0.148 e. The van der Waals surface area contributed by atoms with E-state index in [4.69, 9.17) is 5.73 Å². The molecule has 0 aromatic carbocycles. The second-order valence-electron chi connectivity index (χ2n) is 5.35. The maximum Gasteiger partial charge on any atom is 0.148 e. The van der Waals surface area contributed by atoms with Gasteiger partial charge in [0.15, 0.2) is 0 Å². The maximum atomic E-state index is 6.07. The molecule has 1 aliphatic rings. The van der Waals surface area contributed by atoms with Crippen LogP contribution in [-0.4, -0.2) is 47.5 Å². The van der Waals surface area contributed by atoms with Gasteiger partial charge in [0.2, 0.25) is 0 Å². The van der Waals surface area contributed by atoms with Crippen LogP contribution in [0.3, 0.4) is 0 Å². The van der Waals surface area contributed by atoms with Gasteiger partial charge in [-0.1, -0.05) is 0 Å². The quantitative estimate of drug-likeness (QED) is 0.943. The number of rotatable bonds is 3. The molecule has 0 bridgehead atoms. The fourth-order valence-electron chi connectivity index (χ4n) is 2.58. The predicted octanol–water partition coefficient (Wildman–Crippen LogP) is 2.30. The van der Waals surface area contributed by atoms with Gasteiger partial charge in [-0.15, -0.1) is 11.3 Å². The highest BCUT2D eigenvalue weighted by Gasteiger charge is 2.28. The minimum absolute atomic E-state index is 0.600. The lowest BCUT2D eigenvalue weighted by molar-refractivity contribution is 0.315. The van der Waals surface area contributed by atoms with Crippen LogP contribution in [0.25, 0.3) is 11.3 Å². The van der Waals surface area contributed by atoms with Crippen molar-refractivity contribution in [2.75, 3.05) is 37.8 Å². The Bertz CT molecular complexity index is 604. The summed E-state index contributed by atoms with van der Waals surface area (Å²) in [4.78, 5) is 9.25. The third kappa shape index (κ3) is 2.41. The molecule has 2 aromatic heterocycles. The van der Waals surface area contributed by atoms with Crippen molar-refractivity contribution in [3.8, 4) is 11.3 Å². The third-order valence-corrected chi connectivity index (χ3v) is 5.45. The van der Waals surface area contributed by atoms with Crippen LogP contribution in [0.2, 0.25) is 0 Å². The third-order valence-electron chi connectivity index (χ3n) is 3.76. The molecule has 1 unspecified atom stereocenters. The van der Waals surface area contributed by atoms with Crippen LogP contribution in [0, 0.1) is 6.92 Å². The van der Waals surface area contributed by atoms with Crippen molar-refractivity contribution in [1.29, 1.82) is 0 Å². The highest BCUT2D eigenvalue weighted by atomic mass is 32.1. The van der Waals surface area contributed by atoms with Crippen molar-refractivity contribution < 1.29 is 0 Å². The molecule has 1 saturated heterocycles. The number of hydrogen-bond acceptors (Lipinski definition) is 7. The van der Waals surface area contributed by atoms with Crippen LogP contribution < -0.4 is 10.6 Å². The Labute approximate surface area is 127 Å². The zero-order valence-electron chi connectivity index (χ0n) is 12.0. The summed E-state index contributed by atoms with van der Waals surface area (Å²) in [6.07, 6.45) is 1.18. The fraction of sp³-hybridized carbons (Fsp3) is 0.538. The highest BCUT2D eigenvalue weighted by Crippen LogP contribution is 2.40. The number of likely N-dealkylation sites (N-methyl/N-ethyl adjacent to an activating group) is 1. The average Bonchev–Trinajstić information content (AvgIpc) is 3.07. The van der Waals surface area contributed by atoms with E-state index in [1.165, 1.54) is 18.0 Å². The van der Waals surface area contributed by atoms with Gasteiger partial charge < -0.3 is 15.5 Å². The van der Waals surface area contributed by atoms with E-state index in [2.05, 4.69) is 38.6 Å². The summed E-state index contributed by atoms with van der Waals surface area (Å²) in [6, 6.07) is 0.600. The highest BCUT2D eigenvalue weighted by molar-refractivity contribution is 7.11. The molecule has 20 heavy (non-hydrogen) atoms. The van der Waals surface area contributed by atoms with Gasteiger partial charge in [0.25, 0.3) is 0 Å². The van der Waals surface area contributed by atoms with Gasteiger partial charge >= 0.3 is 0 Å². The monoisotopic (exact) mass is 309 g/mol. The molecule has 0 amide bonds. The molecule has 0 aliphatic carbocycles. The molecule has 1 fully saturated rings. The maximum absolute atomic E-state index is 6.07. The number of aromatic nitrogens is 2. The van der Waals surface area contributed by atoms with Crippen LogP contribution in [-0.2, 0) is 0 Å². The van der Waals surface area contributed by atoms with E-state index < -0.39 is 0 Å². The second-order valence-corrected chi connectivity index (χ2v) is 7.17. The average molecular weight is 309 g/mol. The van der Waals surface area contributed by atoms with Gasteiger partial charge in [0, 0.05) is 24.5 Å². The van der Waals surface area contributed by atoms with E-state index in [0.717, 1.165) is 34.4 Å². The first-order chi connectivity index (χ1) is 9.56. The Morgan fingerprint density at radius 3 is 2.85 bits per heavy atom.